The molecule has 1 fully saturated rings. The number of amidine groups is 1. The van der Waals surface area contributed by atoms with Crippen molar-refractivity contribution < 1.29 is 13.6 Å². The van der Waals surface area contributed by atoms with Crippen molar-refractivity contribution in [1.29, 1.82) is 0 Å². The third kappa shape index (κ3) is 6.15. The fourth-order valence-electron chi connectivity index (χ4n) is 2.34. The Morgan fingerprint density at radius 2 is 2.04 bits per heavy atom. The molecule has 9 heteroatoms. The largest absolute Gasteiger partial charge is 0.303 e. The highest BCUT2D eigenvalue weighted by Gasteiger charge is 2.30. The fourth-order valence-corrected chi connectivity index (χ4v) is 4.22. The molecule has 1 atom stereocenters. The first-order valence-electron chi connectivity index (χ1n) is 7.87. The van der Waals surface area contributed by atoms with Gasteiger partial charge >= 0.3 is 0 Å². The third-order valence-electron chi connectivity index (χ3n) is 3.55. The Bertz CT molecular complexity index is 875. The first kappa shape index (κ1) is 20.0. The molecule has 0 bridgehead atoms. The van der Waals surface area contributed by atoms with Crippen LogP contribution in [0.3, 0.4) is 0 Å². The summed E-state index contributed by atoms with van der Waals surface area (Å²) in [7, 11) is 0. The van der Waals surface area contributed by atoms with Crippen LogP contribution < -0.4 is 5.32 Å². The molecule has 1 amide bonds. The molecule has 0 radical (unpaired) electrons. The van der Waals surface area contributed by atoms with Crippen molar-refractivity contribution in [3.05, 3.63) is 64.1 Å². The lowest BCUT2D eigenvalue weighted by Gasteiger charge is -2.06. The zero-order valence-electron chi connectivity index (χ0n) is 13.8. The van der Waals surface area contributed by atoms with Crippen LogP contribution in [-0.4, -0.2) is 28.3 Å². The Morgan fingerprint density at radius 1 is 1.26 bits per heavy atom. The van der Waals surface area contributed by atoms with Crippen LogP contribution in [0.25, 0.3) is 0 Å². The molecular formula is C18H14BrF2N3OS2. The summed E-state index contributed by atoms with van der Waals surface area (Å²) in [4.78, 5) is 12.6. The quantitative estimate of drug-likeness (QED) is 0.370. The van der Waals surface area contributed by atoms with Crippen molar-refractivity contribution >= 4 is 56.7 Å². The van der Waals surface area contributed by atoms with E-state index in [2.05, 4.69) is 31.4 Å². The predicted octanol–water partition coefficient (Wildman–Crippen LogP) is 4.93. The Morgan fingerprint density at radius 3 is 2.74 bits per heavy atom. The lowest BCUT2D eigenvalue weighted by Crippen LogP contribution is -2.25. The van der Waals surface area contributed by atoms with Gasteiger partial charge in [-0.05, 0) is 41.8 Å². The SMILES string of the molecule is O=C1N/C(=N/N=C\c2cccc(Br)c2)S[C@@H]1Cc1ccc(SC(F)F)cc1. The average molecular weight is 470 g/mol. The number of carbonyl (C=O) groups excluding carboxylic acids is 1. The molecule has 1 aliphatic rings. The van der Waals surface area contributed by atoms with Crippen LogP contribution in [0.1, 0.15) is 11.1 Å². The van der Waals surface area contributed by atoms with Gasteiger partial charge in [0.25, 0.3) is 5.76 Å². The minimum absolute atomic E-state index is 0.137. The molecule has 1 heterocycles. The van der Waals surface area contributed by atoms with E-state index < -0.39 is 5.76 Å². The molecule has 4 nitrogen and oxygen atoms in total. The number of nitrogens with zero attached hydrogens (tertiary/aromatic N) is 2. The highest BCUT2D eigenvalue weighted by molar-refractivity contribution is 9.10. The molecule has 1 saturated heterocycles. The van der Waals surface area contributed by atoms with Crippen LogP contribution in [-0.2, 0) is 11.2 Å². The summed E-state index contributed by atoms with van der Waals surface area (Å²) >= 11 is 5.20. The van der Waals surface area contributed by atoms with Gasteiger partial charge in [-0.1, -0.05) is 63.7 Å². The maximum atomic E-state index is 12.4. The molecule has 2 aromatic rings. The van der Waals surface area contributed by atoms with E-state index in [-0.39, 0.29) is 11.2 Å². The molecule has 0 spiro atoms. The van der Waals surface area contributed by atoms with Crippen molar-refractivity contribution in [3.63, 3.8) is 0 Å². The van der Waals surface area contributed by atoms with Crippen molar-refractivity contribution in [1.82, 2.24) is 5.32 Å². The van der Waals surface area contributed by atoms with E-state index >= 15 is 0 Å². The second-order valence-corrected chi connectivity index (χ2v) is 8.70. The number of thioether (sulfide) groups is 2. The third-order valence-corrected chi connectivity index (χ3v) is 5.84. The number of halogens is 3. The second-order valence-electron chi connectivity index (χ2n) is 5.53. The van der Waals surface area contributed by atoms with Crippen molar-refractivity contribution in [2.75, 3.05) is 0 Å². The maximum Gasteiger partial charge on any atom is 0.288 e. The zero-order chi connectivity index (χ0) is 19.2. The molecule has 1 N–H and O–H groups in total. The first-order chi connectivity index (χ1) is 13.0. The molecule has 3 rings (SSSR count). The summed E-state index contributed by atoms with van der Waals surface area (Å²) in [6, 6.07) is 14.4. The normalized spacial score (nSPS) is 18.6. The number of rotatable bonds is 6. The highest BCUT2D eigenvalue weighted by Crippen LogP contribution is 2.27. The van der Waals surface area contributed by atoms with E-state index in [1.165, 1.54) is 11.8 Å². The Kier molecular flexibility index (Phi) is 7.03. The summed E-state index contributed by atoms with van der Waals surface area (Å²) in [5.74, 6) is -2.58. The highest BCUT2D eigenvalue weighted by atomic mass is 79.9. The smallest absolute Gasteiger partial charge is 0.288 e. The maximum absolute atomic E-state index is 12.4. The lowest BCUT2D eigenvalue weighted by atomic mass is 10.1. The standard InChI is InChI=1S/C18H14BrF2N3OS2/c19-13-3-1-2-12(8-13)10-22-24-18-23-16(25)15(27-18)9-11-4-6-14(7-5-11)26-17(20)21/h1-8,10,15,17H,9H2,(H,23,24,25)/b22-10-/t15-/m1/s1. The van der Waals surface area contributed by atoms with Gasteiger partial charge in [0.1, 0.15) is 0 Å². The van der Waals surface area contributed by atoms with Gasteiger partial charge in [0.05, 0.1) is 11.5 Å². The number of alkyl halides is 2. The van der Waals surface area contributed by atoms with Gasteiger partial charge in [0.2, 0.25) is 5.91 Å². The molecular weight excluding hydrogens is 456 g/mol. The van der Waals surface area contributed by atoms with Crippen molar-refractivity contribution in [2.45, 2.75) is 22.3 Å². The van der Waals surface area contributed by atoms with Gasteiger partial charge < -0.3 is 5.32 Å². The molecule has 2 aromatic carbocycles. The fraction of sp³-hybridized carbons (Fsp3) is 0.167. The number of amides is 1. The van der Waals surface area contributed by atoms with Crippen LogP contribution in [0.4, 0.5) is 8.78 Å². The first-order valence-corrected chi connectivity index (χ1v) is 10.4. The van der Waals surface area contributed by atoms with E-state index in [9.17, 15) is 13.6 Å². The van der Waals surface area contributed by atoms with Crippen LogP contribution >= 0.6 is 39.5 Å². The summed E-state index contributed by atoms with van der Waals surface area (Å²) in [6.45, 7) is 0. The topological polar surface area (TPSA) is 53.8 Å². The van der Waals surface area contributed by atoms with Crippen LogP contribution in [0.15, 0.2) is 68.1 Å². The minimum Gasteiger partial charge on any atom is -0.303 e. The zero-order valence-corrected chi connectivity index (χ0v) is 17.0. The molecule has 27 heavy (non-hydrogen) atoms. The van der Waals surface area contributed by atoms with Gasteiger partial charge in [0, 0.05) is 9.37 Å². The van der Waals surface area contributed by atoms with Crippen LogP contribution in [0, 0.1) is 0 Å². The molecule has 0 aliphatic carbocycles. The molecule has 0 unspecified atom stereocenters. The molecule has 0 saturated carbocycles. The molecule has 140 valence electrons. The summed E-state index contributed by atoms with van der Waals surface area (Å²) in [5, 5.41) is 10.9. The molecule has 0 aromatic heterocycles. The Hall–Kier alpha value is -1.71. The minimum atomic E-state index is -2.44. The van der Waals surface area contributed by atoms with E-state index in [1.807, 2.05) is 24.3 Å². The lowest BCUT2D eigenvalue weighted by molar-refractivity contribution is -0.118. The van der Waals surface area contributed by atoms with Gasteiger partial charge in [-0.3, -0.25) is 4.79 Å². The van der Waals surface area contributed by atoms with Gasteiger partial charge in [-0.2, -0.15) is 13.9 Å². The van der Waals surface area contributed by atoms with Gasteiger partial charge in [-0.25, -0.2) is 0 Å². The number of nitrogens with one attached hydrogen (secondary N) is 1. The monoisotopic (exact) mass is 469 g/mol. The number of carbonyl (C=O) groups is 1. The molecule has 1 aliphatic heterocycles. The van der Waals surface area contributed by atoms with E-state index in [4.69, 9.17) is 0 Å². The second kappa shape index (κ2) is 9.48. The number of hydrogen-bond donors (Lipinski definition) is 1. The summed E-state index contributed by atoms with van der Waals surface area (Å²) in [6.07, 6.45) is 2.10. The van der Waals surface area contributed by atoms with E-state index in [0.717, 1.165) is 15.6 Å². The Labute approximate surface area is 172 Å². The van der Waals surface area contributed by atoms with E-state index in [0.29, 0.717) is 28.2 Å². The van der Waals surface area contributed by atoms with Gasteiger partial charge in [-0.15, -0.1) is 5.10 Å². The van der Waals surface area contributed by atoms with Crippen molar-refractivity contribution in [3.8, 4) is 0 Å². The van der Waals surface area contributed by atoms with E-state index in [1.54, 1.807) is 30.5 Å². The van der Waals surface area contributed by atoms with Crippen LogP contribution in [0.5, 0.6) is 0 Å². The predicted molar refractivity (Wildman–Crippen MR) is 111 cm³/mol. The Balaban J connectivity index is 1.58. The summed E-state index contributed by atoms with van der Waals surface area (Å²) < 4.78 is 25.7. The van der Waals surface area contributed by atoms with Crippen LogP contribution in [0.2, 0.25) is 0 Å². The van der Waals surface area contributed by atoms with Crippen molar-refractivity contribution in [2.24, 2.45) is 10.2 Å². The number of benzene rings is 2. The van der Waals surface area contributed by atoms with Gasteiger partial charge in [0.15, 0.2) is 5.17 Å². The number of hydrogen-bond acceptors (Lipinski definition) is 5. The average Bonchev–Trinajstić information content (AvgIpc) is 2.96. The summed E-state index contributed by atoms with van der Waals surface area (Å²) in [5.41, 5.74) is 1.79.